The van der Waals surface area contributed by atoms with Crippen LogP contribution in [-0.2, 0) is 14.3 Å². The zero-order valence-electron chi connectivity index (χ0n) is 12.0. The van der Waals surface area contributed by atoms with Gasteiger partial charge in [-0.3, -0.25) is 4.79 Å². The van der Waals surface area contributed by atoms with E-state index in [9.17, 15) is 4.79 Å². The molecule has 1 heterocycles. The molecule has 0 saturated carbocycles. The quantitative estimate of drug-likeness (QED) is 0.687. The maximum Gasteiger partial charge on any atom is 0.222 e. The molecule has 0 aliphatic carbocycles. The van der Waals surface area contributed by atoms with Crippen molar-refractivity contribution in [2.24, 2.45) is 5.92 Å². The van der Waals surface area contributed by atoms with Crippen LogP contribution in [0.2, 0.25) is 0 Å². The van der Waals surface area contributed by atoms with Gasteiger partial charge in [-0.25, -0.2) is 0 Å². The van der Waals surface area contributed by atoms with Crippen LogP contribution in [-0.4, -0.2) is 64.4 Å². The average Bonchev–Trinajstić information content (AvgIpc) is 2.89. The highest BCUT2D eigenvalue weighted by Crippen LogP contribution is 2.15. The van der Waals surface area contributed by atoms with Gasteiger partial charge in [0.05, 0.1) is 13.2 Å². The molecule has 6 heteroatoms. The highest BCUT2D eigenvalue weighted by molar-refractivity contribution is 5.85. The first-order valence-electron chi connectivity index (χ1n) is 6.74. The fourth-order valence-electron chi connectivity index (χ4n) is 2.21. The van der Waals surface area contributed by atoms with E-state index in [1.807, 2.05) is 4.90 Å². The second-order valence-electron chi connectivity index (χ2n) is 4.76. The Labute approximate surface area is 122 Å². The molecule has 0 aromatic carbocycles. The summed E-state index contributed by atoms with van der Waals surface area (Å²) in [6, 6.07) is 0. The average molecular weight is 295 g/mol. The van der Waals surface area contributed by atoms with E-state index < -0.39 is 0 Å². The topological polar surface area (TPSA) is 50.8 Å². The smallest absolute Gasteiger partial charge is 0.222 e. The molecule has 0 spiro atoms. The molecule has 1 unspecified atom stereocenters. The lowest BCUT2D eigenvalue weighted by Gasteiger charge is -2.22. The van der Waals surface area contributed by atoms with E-state index >= 15 is 0 Å². The molecule has 1 N–H and O–H groups in total. The number of ether oxygens (including phenoxy) is 2. The lowest BCUT2D eigenvalue weighted by atomic mass is 10.0. The molecule has 0 radical (unpaired) electrons. The summed E-state index contributed by atoms with van der Waals surface area (Å²) in [4.78, 5) is 13.9. The largest absolute Gasteiger partial charge is 0.383 e. The third-order valence-electron chi connectivity index (χ3n) is 3.41. The Kier molecular flexibility index (Phi) is 11.2. The van der Waals surface area contributed by atoms with E-state index in [2.05, 4.69) is 5.32 Å². The Morgan fingerprint density at radius 3 is 2.37 bits per heavy atom. The van der Waals surface area contributed by atoms with Crippen molar-refractivity contribution in [1.29, 1.82) is 0 Å². The molecular weight excluding hydrogens is 268 g/mol. The van der Waals surface area contributed by atoms with Crippen molar-refractivity contribution >= 4 is 18.3 Å². The normalized spacial score (nSPS) is 18.1. The van der Waals surface area contributed by atoms with Gasteiger partial charge in [0.1, 0.15) is 0 Å². The minimum atomic E-state index is 0. The third kappa shape index (κ3) is 7.72. The summed E-state index contributed by atoms with van der Waals surface area (Å²) in [7, 11) is 3.31. The Morgan fingerprint density at radius 2 is 1.89 bits per heavy atom. The van der Waals surface area contributed by atoms with E-state index in [-0.39, 0.29) is 18.3 Å². The number of hydrogen-bond donors (Lipinski definition) is 1. The molecule has 1 aliphatic rings. The molecular formula is C13H27ClN2O3. The second kappa shape index (κ2) is 11.5. The predicted molar refractivity (Wildman–Crippen MR) is 77.8 cm³/mol. The Bertz CT molecular complexity index is 228. The van der Waals surface area contributed by atoms with Crippen LogP contribution in [0, 0.1) is 5.92 Å². The lowest BCUT2D eigenvalue weighted by molar-refractivity contribution is -0.132. The predicted octanol–water partition coefficient (Wildman–Crippen LogP) is 0.919. The van der Waals surface area contributed by atoms with E-state index in [0.717, 1.165) is 19.5 Å². The minimum Gasteiger partial charge on any atom is -0.383 e. The first-order chi connectivity index (χ1) is 8.77. The van der Waals surface area contributed by atoms with Crippen LogP contribution in [0.3, 0.4) is 0 Å². The molecule has 1 rings (SSSR count). The first-order valence-corrected chi connectivity index (χ1v) is 6.74. The summed E-state index contributed by atoms with van der Waals surface area (Å²) in [5.41, 5.74) is 0. The van der Waals surface area contributed by atoms with Gasteiger partial charge >= 0.3 is 0 Å². The number of methoxy groups -OCH3 is 2. The summed E-state index contributed by atoms with van der Waals surface area (Å²) >= 11 is 0. The van der Waals surface area contributed by atoms with Crippen LogP contribution in [0.15, 0.2) is 0 Å². The van der Waals surface area contributed by atoms with Crippen molar-refractivity contribution in [3.63, 3.8) is 0 Å². The minimum absolute atomic E-state index is 0. The van der Waals surface area contributed by atoms with E-state index in [4.69, 9.17) is 9.47 Å². The number of carbonyl (C=O) groups is 1. The second-order valence-corrected chi connectivity index (χ2v) is 4.76. The molecule has 114 valence electrons. The fourth-order valence-corrected chi connectivity index (χ4v) is 2.21. The molecule has 5 nitrogen and oxygen atoms in total. The van der Waals surface area contributed by atoms with Gasteiger partial charge in [-0.1, -0.05) is 0 Å². The molecule has 0 aromatic rings. The van der Waals surface area contributed by atoms with Gasteiger partial charge in [0.15, 0.2) is 0 Å². The summed E-state index contributed by atoms with van der Waals surface area (Å²) in [6.07, 6.45) is 2.82. The van der Waals surface area contributed by atoms with Crippen LogP contribution in [0.5, 0.6) is 0 Å². The van der Waals surface area contributed by atoms with Crippen LogP contribution in [0.4, 0.5) is 0 Å². The Balaban J connectivity index is 0.00000324. The van der Waals surface area contributed by atoms with E-state index in [1.54, 1.807) is 14.2 Å². The number of nitrogens with one attached hydrogen (secondary N) is 1. The van der Waals surface area contributed by atoms with E-state index in [1.165, 1.54) is 6.42 Å². The van der Waals surface area contributed by atoms with Crippen molar-refractivity contribution < 1.29 is 14.3 Å². The Hall–Kier alpha value is -0.360. The van der Waals surface area contributed by atoms with Crippen molar-refractivity contribution in [3.8, 4) is 0 Å². The van der Waals surface area contributed by atoms with Crippen molar-refractivity contribution in [2.75, 3.05) is 53.6 Å². The summed E-state index contributed by atoms with van der Waals surface area (Å²) in [5, 5.41) is 3.33. The number of hydrogen-bond acceptors (Lipinski definition) is 4. The fraction of sp³-hybridized carbons (Fsp3) is 0.923. The van der Waals surface area contributed by atoms with Gasteiger partial charge in [-0.2, -0.15) is 0 Å². The maximum atomic E-state index is 12.1. The number of rotatable bonds is 9. The standard InChI is InChI=1S/C13H26N2O3.ClH/c1-17-9-7-15(8-10-18-2)13(16)4-3-12-5-6-14-11-12;/h12,14H,3-11H2,1-2H3;1H. The molecule has 0 bridgehead atoms. The number of halogens is 1. The highest BCUT2D eigenvalue weighted by Gasteiger charge is 2.18. The van der Waals surface area contributed by atoms with Gasteiger partial charge in [0.25, 0.3) is 0 Å². The summed E-state index contributed by atoms with van der Waals surface area (Å²) in [6.45, 7) is 4.63. The lowest BCUT2D eigenvalue weighted by Crippen LogP contribution is -2.36. The van der Waals surface area contributed by atoms with Crippen molar-refractivity contribution in [2.45, 2.75) is 19.3 Å². The van der Waals surface area contributed by atoms with Gasteiger partial charge < -0.3 is 19.7 Å². The zero-order chi connectivity index (χ0) is 13.2. The monoisotopic (exact) mass is 294 g/mol. The van der Waals surface area contributed by atoms with Gasteiger partial charge in [-0.05, 0) is 31.8 Å². The molecule has 0 aromatic heterocycles. The van der Waals surface area contributed by atoms with Crippen LogP contribution in [0.25, 0.3) is 0 Å². The summed E-state index contributed by atoms with van der Waals surface area (Å²) < 4.78 is 10.1. The number of nitrogens with zero attached hydrogens (tertiary/aromatic N) is 1. The van der Waals surface area contributed by atoms with Crippen LogP contribution >= 0.6 is 12.4 Å². The third-order valence-corrected chi connectivity index (χ3v) is 3.41. The molecule has 1 saturated heterocycles. The van der Waals surface area contributed by atoms with Crippen LogP contribution in [0.1, 0.15) is 19.3 Å². The van der Waals surface area contributed by atoms with Gasteiger partial charge in [0, 0.05) is 33.7 Å². The highest BCUT2D eigenvalue weighted by atomic mass is 35.5. The van der Waals surface area contributed by atoms with Crippen molar-refractivity contribution in [3.05, 3.63) is 0 Å². The molecule has 1 aliphatic heterocycles. The first kappa shape index (κ1) is 18.6. The van der Waals surface area contributed by atoms with E-state index in [0.29, 0.717) is 38.6 Å². The SMILES string of the molecule is COCCN(CCOC)C(=O)CCC1CCNC1.Cl. The Morgan fingerprint density at radius 1 is 1.26 bits per heavy atom. The molecule has 1 amide bonds. The summed E-state index contributed by atoms with van der Waals surface area (Å²) in [5.74, 6) is 0.886. The molecule has 1 atom stereocenters. The maximum absolute atomic E-state index is 12.1. The molecule has 1 fully saturated rings. The van der Waals surface area contributed by atoms with Crippen molar-refractivity contribution in [1.82, 2.24) is 10.2 Å². The number of carbonyl (C=O) groups excluding carboxylic acids is 1. The van der Waals surface area contributed by atoms with Gasteiger partial charge in [-0.15, -0.1) is 12.4 Å². The molecule has 19 heavy (non-hydrogen) atoms. The van der Waals surface area contributed by atoms with Crippen LogP contribution < -0.4 is 5.32 Å². The van der Waals surface area contributed by atoms with Gasteiger partial charge in [0.2, 0.25) is 5.91 Å². The number of amides is 1. The zero-order valence-corrected chi connectivity index (χ0v) is 12.8.